The zero-order chi connectivity index (χ0) is 17.5. The highest BCUT2D eigenvalue weighted by Crippen LogP contribution is 2.17. The van der Waals surface area contributed by atoms with Crippen molar-refractivity contribution in [2.24, 2.45) is 5.10 Å². The Bertz CT molecular complexity index is 894. The first-order valence-electron chi connectivity index (χ1n) is 8.25. The fourth-order valence-corrected chi connectivity index (χ4v) is 2.96. The van der Waals surface area contributed by atoms with Crippen LogP contribution >= 0.6 is 11.3 Å². The van der Waals surface area contributed by atoms with E-state index in [2.05, 4.69) is 65.9 Å². The van der Waals surface area contributed by atoms with Gasteiger partial charge in [0.15, 0.2) is 0 Å². The molecule has 124 valence electrons. The van der Waals surface area contributed by atoms with Crippen LogP contribution in [0.3, 0.4) is 0 Å². The van der Waals surface area contributed by atoms with Crippen LogP contribution in [0.1, 0.15) is 41.3 Å². The number of rotatable bonds is 4. The van der Waals surface area contributed by atoms with E-state index < -0.39 is 0 Å². The average molecular weight is 344 g/mol. The molecule has 3 heteroatoms. The van der Waals surface area contributed by atoms with Gasteiger partial charge in [0.25, 0.3) is 0 Å². The van der Waals surface area contributed by atoms with E-state index in [9.17, 15) is 0 Å². The molecule has 3 aromatic rings. The monoisotopic (exact) mass is 344 g/mol. The van der Waals surface area contributed by atoms with E-state index in [0.717, 1.165) is 21.7 Å². The molecule has 2 aromatic carbocycles. The maximum atomic E-state index is 4.31. The lowest BCUT2D eigenvalue weighted by atomic mass is 10.0. The fourth-order valence-electron chi connectivity index (χ4n) is 2.26. The second kappa shape index (κ2) is 8.32. The zero-order valence-corrected chi connectivity index (χ0v) is 15.2. The van der Waals surface area contributed by atoms with Crippen molar-refractivity contribution in [3.05, 3.63) is 87.6 Å². The molecule has 1 aromatic heterocycles. The van der Waals surface area contributed by atoms with Crippen LogP contribution in [0.5, 0.6) is 0 Å². The van der Waals surface area contributed by atoms with Gasteiger partial charge < -0.3 is 0 Å². The van der Waals surface area contributed by atoms with Crippen LogP contribution in [-0.4, -0.2) is 6.21 Å². The largest absolute Gasteiger partial charge is 0.278 e. The van der Waals surface area contributed by atoms with Gasteiger partial charge in [-0.3, -0.25) is 5.43 Å². The number of benzene rings is 2. The molecular formula is C22H20N2S. The number of anilines is 1. The average Bonchev–Trinajstić information content (AvgIpc) is 3.09. The predicted octanol–water partition coefficient (Wildman–Crippen LogP) is 5.72. The molecule has 0 saturated carbocycles. The highest BCUT2D eigenvalue weighted by atomic mass is 32.1. The van der Waals surface area contributed by atoms with Crippen LogP contribution in [0.15, 0.2) is 71.1 Å². The van der Waals surface area contributed by atoms with Crippen molar-refractivity contribution in [3.8, 4) is 11.8 Å². The van der Waals surface area contributed by atoms with E-state index in [1.54, 1.807) is 11.3 Å². The summed E-state index contributed by atoms with van der Waals surface area (Å²) in [6.45, 7) is 4.38. The third-order valence-corrected chi connectivity index (χ3v) is 4.57. The van der Waals surface area contributed by atoms with Gasteiger partial charge >= 0.3 is 0 Å². The molecule has 25 heavy (non-hydrogen) atoms. The number of nitrogens with zero attached hydrogens (tertiary/aromatic N) is 1. The molecule has 2 nitrogen and oxygen atoms in total. The topological polar surface area (TPSA) is 24.4 Å². The molecule has 0 aliphatic heterocycles. The third kappa shape index (κ3) is 5.07. The first kappa shape index (κ1) is 17.0. The van der Waals surface area contributed by atoms with E-state index in [-0.39, 0.29) is 0 Å². The highest BCUT2D eigenvalue weighted by Gasteiger charge is 1.98. The maximum Gasteiger partial charge on any atom is 0.0645 e. The van der Waals surface area contributed by atoms with Gasteiger partial charge in [-0.05, 0) is 41.8 Å². The Morgan fingerprint density at radius 2 is 1.68 bits per heavy atom. The van der Waals surface area contributed by atoms with E-state index >= 15 is 0 Å². The normalized spacial score (nSPS) is 10.7. The Morgan fingerprint density at radius 1 is 0.960 bits per heavy atom. The summed E-state index contributed by atoms with van der Waals surface area (Å²) in [4.78, 5) is 1.07. The van der Waals surface area contributed by atoms with Gasteiger partial charge in [0.05, 0.1) is 11.9 Å². The summed E-state index contributed by atoms with van der Waals surface area (Å²) in [5.74, 6) is 6.89. The van der Waals surface area contributed by atoms with Crippen molar-refractivity contribution in [2.45, 2.75) is 19.8 Å². The fraction of sp³-hybridized carbons (Fsp3) is 0.136. The molecule has 0 atom stereocenters. The number of hydrazone groups is 1. The minimum Gasteiger partial charge on any atom is -0.278 e. The van der Waals surface area contributed by atoms with Gasteiger partial charge in [-0.25, -0.2) is 0 Å². The Labute approximate surface area is 153 Å². The number of hydrogen-bond acceptors (Lipinski definition) is 3. The minimum absolute atomic E-state index is 0.541. The van der Waals surface area contributed by atoms with E-state index in [1.165, 1.54) is 5.56 Å². The Balaban J connectivity index is 1.59. The molecule has 0 radical (unpaired) electrons. The molecule has 0 fully saturated rings. The molecule has 0 bridgehead atoms. The summed E-state index contributed by atoms with van der Waals surface area (Å²) in [5.41, 5.74) is 7.42. The van der Waals surface area contributed by atoms with Gasteiger partial charge in [-0.1, -0.05) is 56.0 Å². The van der Waals surface area contributed by atoms with Gasteiger partial charge in [0, 0.05) is 21.4 Å². The second-order valence-electron chi connectivity index (χ2n) is 6.00. The molecule has 0 unspecified atom stereocenters. The van der Waals surface area contributed by atoms with Crippen LogP contribution in [-0.2, 0) is 0 Å². The molecule has 0 spiro atoms. The van der Waals surface area contributed by atoms with Crippen molar-refractivity contribution in [1.82, 2.24) is 0 Å². The van der Waals surface area contributed by atoms with E-state index in [0.29, 0.717) is 5.92 Å². The van der Waals surface area contributed by atoms with Crippen LogP contribution in [0.25, 0.3) is 0 Å². The van der Waals surface area contributed by atoms with Gasteiger partial charge in [0.1, 0.15) is 0 Å². The lowest BCUT2D eigenvalue weighted by Crippen LogP contribution is -1.91. The van der Waals surface area contributed by atoms with Gasteiger partial charge in [0.2, 0.25) is 0 Å². The van der Waals surface area contributed by atoms with E-state index in [1.807, 2.05) is 42.6 Å². The van der Waals surface area contributed by atoms with Crippen molar-refractivity contribution in [2.75, 3.05) is 5.43 Å². The minimum atomic E-state index is 0.541. The second-order valence-corrected chi connectivity index (χ2v) is 6.94. The summed E-state index contributed by atoms with van der Waals surface area (Å²) in [5, 5.41) is 6.36. The number of thiophene rings is 1. The third-order valence-electron chi connectivity index (χ3n) is 3.71. The van der Waals surface area contributed by atoms with Crippen molar-refractivity contribution < 1.29 is 0 Å². The van der Waals surface area contributed by atoms with Crippen molar-refractivity contribution >= 4 is 23.2 Å². The molecule has 0 aliphatic carbocycles. The molecular weight excluding hydrogens is 324 g/mol. The Morgan fingerprint density at radius 3 is 2.40 bits per heavy atom. The summed E-state index contributed by atoms with van der Waals surface area (Å²) in [7, 11) is 0. The van der Waals surface area contributed by atoms with Crippen LogP contribution in [0.4, 0.5) is 5.69 Å². The predicted molar refractivity (Wildman–Crippen MR) is 108 cm³/mol. The van der Waals surface area contributed by atoms with Crippen molar-refractivity contribution in [1.29, 1.82) is 0 Å². The summed E-state index contributed by atoms with van der Waals surface area (Å²) < 4.78 is 0. The quantitative estimate of drug-likeness (QED) is 0.365. The van der Waals surface area contributed by atoms with Crippen LogP contribution < -0.4 is 5.43 Å². The first-order valence-corrected chi connectivity index (χ1v) is 9.13. The Hall–Kier alpha value is -2.83. The standard InChI is InChI=1S/C22H20N2S/c1-17(2)20-10-12-21(13-11-20)24-23-15-22-14-19(16-25-22)9-8-18-6-4-3-5-7-18/h3-7,10-17,24H,1-2H3/b23-15-. The first-order chi connectivity index (χ1) is 12.2. The molecule has 3 rings (SSSR count). The van der Waals surface area contributed by atoms with Crippen molar-refractivity contribution in [3.63, 3.8) is 0 Å². The molecule has 1 heterocycles. The lowest BCUT2D eigenvalue weighted by Gasteiger charge is -2.06. The van der Waals surface area contributed by atoms with Crippen LogP contribution in [0, 0.1) is 11.8 Å². The Kier molecular flexibility index (Phi) is 5.66. The molecule has 0 aliphatic rings. The number of nitrogens with one attached hydrogen (secondary N) is 1. The smallest absolute Gasteiger partial charge is 0.0645 e. The maximum absolute atomic E-state index is 4.31. The lowest BCUT2D eigenvalue weighted by molar-refractivity contribution is 0.867. The summed E-state index contributed by atoms with van der Waals surface area (Å²) >= 11 is 1.63. The van der Waals surface area contributed by atoms with Gasteiger partial charge in [-0.2, -0.15) is 5.10 Å². The highest BCUT2D eigenvalue weighted by molar-refractivity contribution is 7.11. The summed E-state index contributed by atoms with van der Waals surface area (Å²) in [6.07, 6.45) is 1.83. The molecule has 0 saturated heterocycles. The SMILES string of the molecule is CC(C)c1ccc(N/N=C\c2cc(C#Cc3ccccc3)cs2)cc1. The summed E-state index contributed by atoms with van der Waals surface area (Å²) in [6, 6.07) is 20.4. The molecule has 1 N–H and O–H groups in total. The van der Waals surface area contributed by atoms with E-state index in [4.69, 9.17) is 0 Å². The van der Waals surface area contributed by atoms with Crippen LogP contribution in [0.2, 0.25) is 0 Å². The van der Waals surface area contributed by atoms with Gasteiger partial charge in [-0.15, -0.1) is 11.3 Å². The number of hydrogen-bond donors (Lipinski definition) is 1. The molecule has 0 amide bonds. The zero-order valence-electron chi connectivity index (χ0n) is 14.4.